The molecule has 2 heterocycles. The Morgan fingerprint density at radius 3 is 2.84 bits per heavy atom. The van der Waals surface area contributed by atoms with Gasteiger partial charge in [0.1, 0.15) is 17.4 Å². The van der Waals surface area contributed by atoms with Crippen LogP contribution >= 0.6 is 11.3 Å². The molecule has 0 saturated heterocycles. The summed E-state index contributed by atoms with van der Waals surface area (Å²) in [7, 11) is 0. The van der Waals surface area contributed by atoms with Gasteiger partial charge in [0.25, 0.3) is 0 Å². The van der Waals surface area contributed by atoms with Crippen molar-refractivity contribution < 1.29 is 9.53 Å². The molecule has 0 saturated carbocycles. The lowest BCUT2D eigenvalue weighted by atomic mass is 10.2. The number of aryl methyl sites for hydroxylation is 1. The molecule has 0 aliphatic carbocycles. The van der Waals surface area contributed by atoms with Gasteiger partial charge in [-0.25, -0.2) is 4.98 Å². The van der Waals surface area contributed by atoms with E-state index in [-0.39, 0.29) is 12.3 Å². The minimum Gasteiger partial charge on any atom is -0.492 e. The predicted molar refractivity (Wildman–Crippen MR) is 98.7 cm³/mol. The number of ether oxygens (including phenoxy) is 1. The third-order valence-electron chi connectivity index (χ3n) is 3.52. The molecular weight excluding hydrogens is 334 g/mol. The second-order valence-electron chi connectivity index (χ2n) is 5.57. The predicted octanol–water partition coefficient (Wildman–Crippen LogP) is 3.25. The molecule has 5 nitrogen and oxygen atoms in total. The first-order valence-corrected chi connectivity index (χ1v) is 8.89. The largest absolute Gasteiger partial charge is 0.492 e. The standard InChI is InChI=1S/C19H19N3O2S/c1-14-4-6-17(7-5-14)24-10-9-21-18(23)11-16-13-25-19(22-16)15-3-2-8-20-12-15/h2-8,12-13H,9-11H2,1H3,(H,21,23). The quantitative estimate of drug-likeness (QED) is 0.662. The number of hydrogen-bond acceptors (Lipinski definition) is 5. The zero-order valence-electron chi connectivity index (χ0n) is 13.9. The number of aromatic nitrogens is 2. The van der Waals surface area contributed by atoms with Gasteiger partial charge in [-0.1, -0.05) is 17.7 Å². The van der Waals surface area contributed by atoms with Crippen LogP contribution in [-0.2, 0) is 11.2 Å². The van der Waals surface area contributed by atoms with E-state index >= 15 is 0 Å². The SMILES string of the molecule is Cc1ccc(OCCNC(=O)Cc2csc(-c3cccnc3)n2)cc1. The van der Waals surface area contributed by atoms with Crippen molar-refractivity contribution in [1.82, 2.24) is 15.3 Å². The number of pyridine rings is 1. The van der Waals surface area contributed by atoms with Crippen LogP contribution in [0.4, 0.5) is 0 Å². The second-order valence-corrected chi connectivity index (χ2v) is 6.43. The Bertz CT molecular complexity index is 816. The Kier molecular flexibility index (Phi) is 5.74. The molecule has 25 heavy (non-hydrogen) atoms. The number of nitrogens with one attached hydrogen (secondary N) is 1. The number of benzene rings is 1. The van der Waals surface area contributed by atoms with Crippen molar-refractivity contribution in [2.45, 2.75) is 13.3 Å². The van der Waals surface area contributed by atoms with Gasteiger partial charge in [0.15, 0.2) is 0 Å². The summed E-state index contributed by atoms with van der Waals surface area (Å²) in [5.41, 5.74) is 2.92. The molecular formula is C19H19N3O2S. The average molecular weight is 353 g/mol. The number of amides is 1. The van der Waals surface area contributed by atoms with Crippen LogP contribution < -0.4 is 10.1 Å². The Hall–Kier alpha value is -2.73. The third-order valence-corrected chi connectivity index (χ3v) is 4.46. The molecule has 3 aromatic rings. The fraction of sp³-hybridized carbons (Fsp3) is 0.211. The van der Waals surface area contributed by atoms with Gasteiger partial charge in [0.05, 0.1) is 18.7 Å². The number of hydrogen-bond donors (Lipinski definition) is 1. The highest BCUT2D eigenvalue weighted by Crippen LogP contribution is 2.22. The number of rotatable bonds is 7. The zero-order valence-corrected chi connectivity index (χ0v) is 14.8. The van der Waals surface area contributed by atoms with E-state index in [0.29, 0.717) is 13.2 Å². The van der Waals surface area contributed by atoms with Crippen LogP contribution in [0.5, 0.6) is 5.75 Å². The third kappa shape index (κ3) is 5.12. The van der Waals surface area contributed by atoms with Gasteiger partial charge >= 0.3 is 0 Å². The highest BCUT2D eigenvalue weighted by molar-refractivity contribution is 7.13. The van der Waals surface area contributed by atoms with E-state index in [4.69, 9.17) is 4.74 Å². The maximum atomic E-state index is 12.0. The average Bonchev–Trinajstić information content (AvgIpc) is 3.09. The van der Waals surface area contributed by atoms with E-state index in [1.54, 1.807) is 12.4 Å². The first-order chi connectivity index (χ1) is 12.2. The molecule has 0 unspecified atom stereocenters. The molecule has 0 bridgehead atoms. The Morgan fingerprint density at radius 1 is 1.24 bits per heavy atom. The van der Waals surface area contributed by atoms with Gasteiger partial charge in [-0.2, -0.15) is 0 Å². The number of carbonyl (C=O) groups excluding carboxylic acids is 1. The van der Waals surface area contributed by atoms with Gasteiger partial charge in [-0.3, -0.25) is 9.78 Å². The smallest absolute Gasteiger partial charge is 0.226 e. The van der Waals surface area contributed by atoms with Crippen LogP contribution in [0.2, 0.25) is 0 Å². The Morgan fingerprint density at radius 2 is 2.08 bits per heavy atom. The number of thiazole rings is 1. The summed E-state index contributed by atoms with van der Waals surface area (Å²) in [6, 6.07) is 11.7. The molecule has 1 aromatic carbocycles. The molecule has 0 atom stereocenters. The van der Waals surface area contributed by atoms with E-state index < -0.39 is 0 Å². The van der Waals surface area contributed by atoms with Gasteiger partial charge in [-0.05, 0) is 31.2 Å². The summed E-state index contributed by atoms with van der Waals surface area (Å²) in [6.45, 7) is 2.93. The monoisotopic (exact) mass is 353 g/mol. The maximum absolute atomic E-state index is 12.0. The van der Waals surface area contributed by atoms with Gasteiger partial charge < -0.3 is 10.1 Å². The van der Waals surface area contributed by atoms with Crippen molar-refractivity contribution in [2.75, 3.05) is 13.2 Å². The zero-order chi connectivity index (χ0) is 17.5. The van der Waals surface area contributed by atoms with Crippen LogP contribution in [0.25, 0.3) is 10.6 Å². The van der Waals surface area contributed by atoms with Crippen LogP contribution in [0, 0.1) is 6.92 Å². The molecule has 1 amide bonds. The fourth-order valence-corrected chi connectivity index (χ4v) is 3.04. The Balaban J connectivity index is 1.42. The lowest BCUT2D eigenvalue weighted by Gasteiger charge is -2.07. The van der Waals surface area contributed by atoms with Crippen molar-refractivity contribution in [2.24, 2.45) is 0 Å². The number of carbonyl (C=O) groups is 1. The van der Waals surface area contributed by atoms with Gasteiger partial charge in [0, 0.05) is 23.3 Å². The first kappa shape index (κ1) is 17.1. The summed E-state index contributed by atoms with van der Waals surface area (Å²) in [5, 5.41) is 5.63. The molecule has 0 spiro atoms. The summed E-state index contributed by atoms with van der Waals surface area (Å²) in [6.07, 6.45) is 3.76. The first-order valence-electron chi connectivity index (χ1n) is 8.02. The van der Waals surface area contributed by atoms with Crippen molar-refractivity contribution in [3.8, 4) is 16.3 Å². The van der Waals surface area contributed by atoms with Crippen molar-refractivity contribution in [3.05, 3.63) is 65.4 Å². The lowest BCUT2D eigenvalue weighted by Crippen LogP contribution is -2.29. The molecule has 2 aromatic heterocycles. The molecule has 128 valence electrons. The number of nitrogens with zero attached hydrogens (tertiary/aromatic N) is 2. The van der Waals surface area contributed by atoms with Crippen LogP contribution in [0.1, 0.15) is 11.3 Å². The summed E-state index contributed by atoms with van der Waals surface area (Å²) >= 11 is 1.52. The van der Waals surface area contributed by atoms with Gasteiger partial charge in [0.2, 0.25) is 5.91 Å². The van der Waals surface area contributed by atoms with Gasteiger partial charge in [-0.15, -0.1) is 11.3 Å². The van der Waals surface area contributed by atoms with E-state index in [1.807, 2.05) is 48.7 Å². The summed E-state index contributed by atoms with van der Waals surface area (Å²) in [5.74, 6) is 0.746. The fourth-order valence-electron chi connectivity index (χ4n) is 2.23. The van der Waals surface area contributed by atoms with Crippen molar-refractivity contribution in [3.63, 3.8) is 0 Å². The molecule has 6 heteroatoms. The van der Waals surface area contributed by atoms with Crippen molar-refractivity contribution in [1.29, 1.82) is 0 Å². The highest BCUT2D eigenvalue weighted by atomic mass is 32.1. The van der Waals surface area contributed by atoms with E-state index in [2.05, 4.69) is 15.3 Å². The minimum atomic E-state index is -0.0597. The summed E-state index contributed by atoms with van der Waals surface area (Å²) in [4.78, 5) is 20.6. The topological polar surface area (TPSA) is 64.1 Å². The van der Waals surface area contributed by atoms with Crippen LogP contribution in [-0.4, -0.2) is 29.0 Å². The van der Waals surface area contributed by atoms with Crippen molar-refractivity contribution >= 4 is 17.2 Å². The molecule has 0 aliphatic rings. The lowest BCUT2D eigenvalue weighted by molar-refractivity contribution is -0.120. The molecule has 1 N–H and O–H groups in total. The van der Waals surface area contributed by atoms with Crippen LogP contribution in [0.3, 0.4) is 0 Å². The van der Waals surface area contributed by atoms with Crippen LogP contribution in [0.15, 0.2) is 54.2 Å². The van der Waals surface area contributed by atoms with E-state index in [1.165, 1.54) is 16.9 Å². The molecule has 0 aliphatic heterocycles. The minimum absolute atomic E-state index is 0.0597. The molecule has 0 radical (unpaired) electrons. The van der Waals surface area contributed by atoms with E-state index in [0.717, 1.165) is 22.0 Å². The van der Waals surface area contributed by atoms with E-state index in [9.17, 15) is 4.79 Å². The molecule has 3 rings (SSSR count). The second kappa shape index (κ2) is 8.39. The normalized spacial score (nSPS) is 10.4. The highest BCUT2D eigenvalue weighted by Gasteiger charge is 2.09. The molecule has 0 fully saturated rings. The maximum Gasteiger partial charge on any atom is 0.226 e. The summed E-state index contributed by atoms with van der Waals surface area (Å²) < 4.78 is 5.59. The Labute approximate surface area is 150 Å².